The van der Waals surface area contributed by atoms with Crippen molar-refractivity contribution in [1.29, 1.82) is 0 Å². The van der Waals surface area contributed by atoms with Gasteiger partial charge in [-0.15, -0.1) is 0 Å². The number of amides is 1. The number of hydrogen-bond donors (Lipinski definition) is 1. The van der Waals surface area contributed by atoms with Gasteiger partial charge in [-0.25, -0.2) is 0 Å². The smallest absolute Gasteiger partial charge is 0.352 e. The standard InChI is InChI=1S/C26H37F6N3O/c1-19(2)17-24(6-10-35(11-7-24)13-12-34-8-4-3-5-9-34)23(36)33-18-20-14-21(25(27,28)29)16-22(15-20)26(30,31)32/h14-16,19H,3-13,17-18H2,1-2H3,(H,33,36). The molecule has 0 spiro atoms. The summed E-state index contributed by atoms with van der Waals surface area (Å²) in [5.41, 5.74) is -3.64. The van der Waals surface area contributed by atoms with Crippen LogP contribution in [0.25, 0.3) is 0 Å². The lowest BCUT2D eigenvalue weighted by Gasteiger charge is -2.42. The average molecular weight is 522 g/mol. The zero-order valence-corrected chi connectivity index (χ0v) is 21.1. The molecule has 3 rings (SSSR count). The van der Waals surface area contributed by atoms with Crippen molar-refractivity contribution in [3.05, 3.63) is 34.9 Å². The van der Waals surface area contributed by atoms with Crippen LogP contribution in [0.3, 0.4) is 0 Å². The van der Waals surface area contributed by atoms with Crippen molar-refractivity contribution < 1.29 is 31.1 Å². The Labute approximate surface area is 209 Å². The molecule has 4 nitrogen and oxygen atoms in total. The molecule has 1 N–H and O–H groups in total. The highest BCUT2D eigenvalue weighted by Crippen LogP contribution is 2.39. The number of alkyl halides is 6. The first-order chi connectivity index (χ1) is 16.8. The van der Waals surface area contributed by atoms with Gasteiger partial charge in [0.2, 0.25) is 5.91 Å². The summed E-state index contributed by atoms with van der Waals surface area (Å²) in [4.78, 5) is 18.1. The molecule has 0 saturated carbocycles. The van der Waals surface area contributed by atoms with Crippen LogP contribution in [0.2, 0.25) is 0 Å². The van der Waals surface area contributed by atoms with Gasteiger partial charge in [-0.05, 0) is 88.0 Å². The zero-order valence-electron chi connectivity index (χ0n) is 21.1. The van der Waals surface area contributed by atoms with Gasteiger partial charge in [0.1, 0.15) is 0 Å². The normalized spacial score (nSPS) is 20.0. The summed E-state index contributed by atoms with van der Waals surface area (Å²) >= 11 is 0. The first-order valence-electron chi connectivity index (χ1n) is 12.8. The molecule has 0 bridgehead atoms. The monoisotopic (exact) mass is 521 g/mol. The van der Waals surface area contributed by atoms with Crippen molar-refractivity contribution in [2.24, 2.45) is 11.3 Å². The number of nitrogens with zero attached hydrogens (tertiary/aromatic N) is 2. The fraction of sp³-hybridized carbons (Fsp3) is 0.731. The second kappa shape index (κ2) is 11.7. The Kier molecular flexibility index (Phi) is 9.36. The van der Waals surface area contributed by atoms with E-state index in [9.17, 15) is 31.1 Å². The van der Waals surface area contributed by atoms with Gasteiger partial charge in [0.15, 0.2) is 0 Å². The second-order valence-electron chi connectivity index (χ2n) is 10.7. The lowest BCUT2D eigenvalue weighted by molar-refractivity contribution is -0.143. The highest BCUT2D eigenvalue weighted by atomic mass is 19.4. The van der Waals surface area contributed by atoms with E-state index in [4.69, 9.17) is 0 Å². The Bertz CT molecular complexity index is 837. The third-order valence-electron chi connectivity index (χ3n) is 7.38. The fourth-order valence-electron chi connectivity index (χ4n) is 5.47. The molecular weight excluding hydrogens is 484 g/mol. The molecule has 2 aliphatic heterocycles. The van der Waals surface area contributed by atoms with Crippen LogP contribution in [-0.4, -0.2) is 55.0 Å². The molecule has 204 valence electrons. The van der Waals surface area contributed by atoms with Gasteiger partial charge < -0.3 is 15.1 Å². The van der Waals surface area contributed by atoms with Crippen LogP contribution in [0.5, 0.6) is 0 Å². The lowest BCUT2D eigenvalue weighted by atomic mass is 9.72. The second-order valence-corrected chi connectivity index (χ2v) is 10.7. The third-order valence-corrected chi connectivity index (χ3v) is 7.38. The summed E-state index contributed by atoms with van der Waals surface area (Å²) in [6.45, 7) is 9.32. The van der Waals surface area contributed by atoms with Crippen LogP contribution in [0.4, 0.5) is 26.3 Å². The highest BCUT2D eigenvalue weighted by Gasteiger charge is 2.42. The summed E-state index contributed by atoms with van der Waals surface area (Å²) < 4.78 is 79.1. The average Bonchev–Trinajstić information content (AvgIpc) is 2.81. The van der Waals surface area contributed by atoms with Crippen molar-refractivity contribution in [3.63, 3.8) is 0 Å². The highest BCUT2D eigenvalue weighted by molar-refractivity contribution is 5.82. The molecule has 10 heteroatoms. The SMILES string of the molecule is CC(C)CC1(C(=O)NCc2cc(C(F)(F)F)cc(C(F)(F)F)c2)CCN(CCN2CCCCC2)CC1. The Hall–Kier alpha value is -1.81. The van der Waals surface area contributed by atoms with Crippen LogP contribution in [-0.2, 0) is 23.7 Å². The predicted octanol–water partition coefficient (Wildman–Crippen LogP) is 5.95. The first-order valence-corrected chi connectivity index (χ1v) is 12.8. The van der Waals surface area contributed by atoms with Gasteiger partial charge >= 0.3 is 12.4 Å². The fourth-order valence-corrected chi connectivity index (χ4v) is 5.47. The van der Waals surface area contributed by atoms with Gasteiger partial charge in [-0.2, -0.15) is 26.3 Å². The van der Waals surface area contributed by atoms with E-state index < -0.39 is 28.9 Å². The minimum atomic E-state index is -4.92. The third kappa shape index (κ3) is 7.84. The Morgan fingerprint density at radius 2 is 1.36 bits per heavy atom. The van der Waals surface area contributed by atoms with Gasteiger partial charge in [0.05, 0.1) is 16.5 Å². The summed E-state index contributed by atoms with van der Waals surface area (Å²) in [7, 11) is 0. The number of benzene rings is 1. The van der Waals surface area contributed by atoms with Crippen molar-refractivity contribution in [1.82, 2.24) is 15.1 Å². The molecule has 2 heterocycles. The van der Waals surface area contributed by atoms with Crippen molar-refractivity contribution >= 4 is 5.91 Å². The number of piperidine rings is 2. The molecule has 1 amide bonds. The number of carbonyl (C=O) groups excluding carboxylic acids is 1. The first kappa shape index (κ1) is 28.8. The van der Waals surface area contributed by atoms with E-state index in [1.807, 2.05) is 13.8 Å². The van der Waals surface area contributed by atoms with E-state index in [1.165, 1.54) is 19.3 Å². The van der Waals surface area contributed by atoms with E-state index in [-0.39, 0.29) is 30.0 Å². The van der Waals surface area contributed by atoms with Crippen molar-refractivity contribution in [3.8, 4) is 0 Å². The number of hydrogen-bond acceptors (Lipinski definition) is 3. The molecule has 0 aliphatic carbocycles. The summed E-state index contributed by atoms with van der Waals surface area (Å²) in [5, 5.41) is 2.67. The van der Waals surface area contributed by atoms with Crippen molar-refractivity contribution in [2.45, 2.75) is 71.3 Å². The lowest BCUT2D eigenvalue weighted by Crippen LogP contribution is -2.50. The van der Waals surface area contributed by atoms with Gasteiger partial charge in [0, 0.05) is 19.6 Å². The molecule has 2 saturated heterocycles. The minimum absolute atomic E-state index is 0.102. The van der Waals surface area contributed by atoms with E-state index in [0.29, 0.717) is 31.4 Å². The van der Waals surface area contributed by atoms with E-state index in [1.54, 1.807) is 0 Å². The number of nitrogens with one attached hydrogen (secondary N) is 1. The largest absolute Gasteiger partial charge is 0.416 e. The number of halogens is 6. The van der Waals surface area contributed by atoms with Crippen LogP contribution in [0, 0.1) is 11.3 Å². The van der Waals surface area contributed by atoms with E-state index >= 15 is 0 Å². The van der Waals surface area contributed by atoms with Gasteiger partial charge in [0.25, 0.3) is 0 Å². The zero-order chi connectivity index (χ0) is 26.6. The Morgan fingerprint density at radius 1 is 0.861 bits per heavy atom. The molecular formula is C26H37F6N3O. The molecule has 0 atom stereocenters. The molecule has 1 aromatic rings. The molecule has 2 fully saturated rings. The van der Waals surface area contributed by atoms with Crippen molar-refractivity contribution in [2.75, 3.05) is 39.3 Å². The maximum Gasteiger partial charge on any atom is 0.416 e. The van der Waals surface area contributed by atoms with Crippen LogP contribution in [0.1, 0.15) is 69.1 Å². The quantitative estimate of drug-likeness (QED) is 0.429. The van der Waals surface area contributed by atoms with Crippen LogP contribution < -0.4 is 5.32 Å². The summed E-state index contributed by atoms with van der Waals surface area (Å²) in [5.74, 6) is -0.0705. The summed E-state index contributed by atoms with van der Waals surface area (Å²) in [6, 6.07) is 1.45. The molecule has 0 unspecified atom stereocenters. The minimum Gasteiger partial charge on any atom is -0.352 e. The van der Waals surface area contributed by atoms with Gasteiger partial charge in [-0.1, -0.05) is 20.3 Å². The van der Waals surface area contributed by atoms with E-state index in [0.717, 1.165) is 39.3 Å². The molecule has 0 aromatic heterocycles. The molecule has 36 heavy (non-hydrogen) atoms. The van der Waals surface area contributed by atoms with Crippen LogP contribution in [0.15, 0.2) is 18.2 Å². The maximum absolute atomic E-state index is 13.3. The predicted molar refractivity (Wildman–Crippen MR) is 126 cm³/mol. The number of rotatable bonds is 8. The van der Waals surface area contributed by atoms with E-state index in [2.05, 4.69) is 15.1 Å². The number of carbonyl (C=O) groups is 1. The van der Waals surface area contributed by atoms with Crippen LogP contribution >= 0.6 is 0 Å². The number of likely N-dealkylation sites (tertiary alicyclic amines) is 2. The summed E-state index contributed by atoms with van der Waals surface area (Å²) in [6.07, 6.45) is -4.23. The molecule has 0 radical (unpaired) electrons. The Balaban J connectivity index is 1.65. The maximum atomic E-state index is 13.3. The molecule has 2 aliphatic rings. The Morgan fingerprint density at radius 3 is 1.83 bits per heavy atom. The molecule has 1 aromatic carbocycles. The van der Waals surface area contributed by atoms with Gasteiger partial charge in [-0.3, -0.25) is 4.79 Å². The topological polar surface area (TPSA) is 35.6 Å².